The van der Waals surface area contributed by atoms with Crippen molar-refractivity contribution >= 4 is 23.2 Å². The summed E-state index contributed by atoms with van der Waals surface area (Å²) in [5.74, 6) is -1.10. The normalized spacial score (nSPS) is 20.5. The molecule has 7 heteroatoms. The summed E-state index contributed by atoms with van der Waals surface area (Å²) in [6.45, 7) is 0. The van der Waals surface area contributed by atoms with E-state index in [2.05, 4.69) is 16.2 Å². The Kier molecular flexibility index (Phi) is 4.56. The van der Waals surface area contributed by atoms with Crippen LogP contribution in [-0.4, -0.2) is 11.9 Å². The van der Waals surface area contributed by atoms with Crippen molar-refractivity contribution in [2.75, 3.05) is 5.32 Å². The van der Waals surface area contributed by atoms with Crippen molar-refractivity contribution in [1.29, 1.82) is 0 Å². The van der Waals surface area contributed by atoms with Gasteiger partial charge in [0.15, 0.2) is 0 Å². The van der Waals surface area contributed by atoms with Gasteiger partial charge < -0.3 is 5.32 Å². The molecule has 0 radical (unpaired) electrons. The van der Waals surface area contributed by atoms with E-state index in [4.69, 9.17) is 11.6 Å². The summed E-state index contributed by atoms with van der Waals surface area (Å²) in [4.78, 5) is 12.2. The molecule has 3 rings (SSSR count). The molecule has 1 fully saturated rings. The summed E-state index contributed by atoms with van der Waals surface area (Å²) in [6, 6.07) is 9.55. The molecule has 4 nitrogen and oxygen atoms in total. The standard InChI is InChI=1S/C16H14ClF2N3O/c17-12-7-11(5-6-13(12)19)20-16(23)15-8-14(21-22-15)9-1-3-10(18)4-2-9/h1-7,14-15,21-22H,8H2,(H,20,23). The molecule has 3 N–H and O–H groups in total. The molecule has 120 valence electrons. The van der Waals surface area contributed by atoms with E-state index in [1.54, 1.807) is 12.1 Å². The monoisotopic (exact) mass is 337 g/mol. The molecule has 0 bridgehead atoms. The second-order valence-corrected chi connectivity index (χ2v) is 5.71. The third-order valence-electron chi connectivity index (χ3n) is 3.68. The van der Waals surface area contributed by atoms with Crippen molar-refractivity contribution in [3.63, 3.8) is 0 Å². The lowest BCUT2D eigenvalue weighted by Gasteiger charge is -2.11. The van der Waals surface area contributed by atoms with Gasteiger partial charge in [-0.3, -0.25) is 4.79 Å². The highest BCUT2D eigenvalue weighted by atomic mass is 35.5. The molecule has 1 amide bonds. The van der Waals surface area contributed by atoms with E-state index in [0.29, 0.717) is 12.1 Å². The lowest BCUT2D eigenvalue weighted by atomic mass is 10.0. The van der Waals surface area contributed by atoms with Crippen LogP contribution in [0.3, 0.4) is 0 Å². The molecule has 2 aromatic rings. The smallest absolute Gasteiger partial charge is 0.242 e. The zero-order valence-electron chi connectivity index (χ0n) is 11.9. The minimum absolute atomic E-state index is 0.0514. The number of carbonyl (C=O) groups is 1. The number of hydrogen-bond acceptors (Lipinski definition) is 3. The van der Waals surface area contributed by atoms with Crippen molar-refractivity contribution in [2.24, 2.45) is 0 Å². The average Bonchev–Trinajstić information content (AvgIpc) is 3.02. The highest BCUT2D eigenvalue weighted by molar-refractivity contribution is 6.31. The number of hydrazine groups is 1. The Morgan fingerprint density at radius 2 is 1.87 bits per heavy atom. The topological polar surface area (TPSA) is 53.2 Å². The first-order valence-corrected chi connectivity index (χ1v) is 7.43. The van der Waals surface area contributed by atoms with Gasteiger partial charge in [-0.2, -0.15) is 0 Å². The van der Waals surface area contributed by atoms with Crippen LogP contribution in [0.2, 0.25) is 5.02 Å². The third kappa shape index (κ3) is 3.67. The van der Waals surface area contributed by atoms with Gasteiger partial charge >= 0.3 is 0 Å². The molecule has 2 unspecified atom stereocenters. The molecular weight excluding hydrogens is 324 g/mol. The Morgan fingerprint density at radius 1 is 1.13 bits per heavy atom. The maximum atomic E-state index is 13.1. The van der Waals surface area contributed by atoms with Crippen LogP contribution in [0.5, 0.6) is 0 Å². The highest BCUT2D eigenvalue weighted by Gasteiger charge is 2.30. The van der Waals surface area contributed by atoms with E-state index < -0.39 is 11.9 Å². The molecule has 23 heavy (non-hydrogen) atoms. The van der Waals surface area contributed by atoms with Gasteiger partial charge in [-0.15, -0.1) is 0 Å². The maximum Gasteiger partial charge on any atom is 0.242 e. The van der Waals surface area contributed by atoms with Crippen LogP contribution in [0.1, 0.15) is 18.0 Å². The molecule has 0 aromatic heterocycles. The summed E-state index contributed by atoms with van der Waals surface area (Å²) in [5, 5.41) is 2.63. The second kappa shape index (κ2) is 6.62. The van der Waals surface area contributed by atoms with Crippen molar-refractivity contribution < 1.29 is 13.6 Å². The summed E-state index contributed by atoms with van der Waals surface area (Å²) in [5.41, 5.74) is 7.23. The van der Waals surface area contributed by atoms with Crippen LogP contribution in [-0.2, 0) is 4.79 Å². The van der Waals surface area contributed by atoms with E-state index in [1.807, 2.05) is 0 Å². The van der Waals surface area contributed by atoms with Crippen molar-refractivity contribution in [2.45, 2.75) is 18.5 Å². The van der Waals surface area contributed by atoms with Crippen molar-refractivity contribution in [1.82, 2.24) is 10.9 Å². The van der Waals surface area contributed by atoms with E-state index in [0.717, 1.165) is 5.56 Å². The number of benzene rings is 2. The molecule has 0 aliphatic carbocycles. The number of hydrogen-bond donors (Lipinski definition) is 3. The zero-order valence-corrected chi connectivity index (χ0v) is 12.7. The Hall–Kier alpha value is -2.02. The fourth-order valence-electron chi connectivity index (χ4n) is 2.45. The predicted octanol–water partition coefficient (Wildman–Crippen LogP) is 3.16. The van der Waals surface area contributed by atoms with Crippen LogP contribution >= 0.6 is 11.6 Å². The number of amides is 1. The van der Waals surface area contributed by atoms with Crippen molar-refractivity contribution in [3.05, 3.63) is 64.7 Å². The minimum Gasteiger partial charge on any atom is -0.325 e. The predicted molar refractivity (Wildman–Crippen MR) is 83.9 cm³/mol. The van der Waals surface area contributed by atoms with Gasteiger partial charge in [0.1, 0.15) is 17.7 Å². The van der Waals surface area contributed by atoms with E-state index >= 15 is 0 Å². The fourth-order valence-corrected chi connectivity index (χ4v) is 2.63. The Morgan fingerprint density at radius 3 is 2.57 bits per heavy atom. The highest BCUT2D eigenvalue weighted by Crippen LogP contribution is 2.24. The quantitative estimate of drug-likeness (QED) is 0.806. The van der Waals surface area contributed by atoms with Gasteiger partial charge in [0.2, 0.25) is 5.91 Å². The average molecular weight is 338 g/mol. The minimum atomic E-state index is -0.540. The maximum absolute atomic E-state index is 13.1. The number of halogens is 3. The van der Waals surface area contributed by atoms with Gasteiger partial charge in [0.25, 0.3) is 0 Å². The van der Waals surface area contributed by atoms with Crippen LogP contribution in [0.15, 0.2) is 42.5 Å². The SMILES string of the molecule is O=C(Nc1ccc(F)c(Cl)c1)C1CC(c2ccc(F)cc2)NN1. The summed E-state index contributed by atoms with van der Waals surface area (Å²) in [7, 11) is 0. The molecule has 1 aliphatic heterocycles. The van der Waals surface area contributed by atoms with Gasteiger partial charge in [-0.1, -0.05) is 23.7 Å². The van der Waals surface area contributed by atoms with Crippen molar-refractivity contribution in [3.8, 4) is 0 Å². The first kappa shape index (κ1) is 15.9. The lowest BCUT2D eigenvalue weighted by Crippen LogP contribution is -2.39. The Bertz CT molecular complexity index is 724. The lowest BCUT2D eigenvalue weighted by molar-refractivity contribution is -0.117. The molecule has 0 saturated carbocycles. The summed E-state index contributed by atoms with van der Waals surface area (Å²) in [6.07, 6.45) is 0.506. The van der Waals surface area contributed by atoms with Gasteiger partial charge in [-0.25, -0.2) is 19.6 Å². The molecule has 1 heterocycles. The van der Waals surface area contributed by atoms with E-state index in [-0.39, 0.29) is 22.8 Å². The van der Waals surface area contributed by atoms with Crippen LogP contribution < -0.4 is 16.2 Å². The van der Waals surface area contributed by atoms with Gasteiger partial charge in [0, 0.05) is 11.7 Å². The third-order valence-corrected chi connectivity index (χ3v) is 3.97. The molecule has 1 aliphatic rings. The Balaban J connectivity index is 1.63. The fraction of sp³-hybridized carbons (Fsp3) is 0.188. The molecule has 1 saturated heterocycles. The molecule has 2 aromatic carbocycles. The second-order valence-electron chi connectivity index (χ2n) is 5.30. The zero-order chi connectivity index (χ0) is 16.4. The largest absolute Gasteiger partial charge is 0.325 e. The first-order valence-electron chi connectivity index (χ1n) is 7.05. The van der Waals surface area contributed by atoms with Gasteiger partial charge in [0.05, 0.1) is 5.02 Å². The Labute approximate surface area is 136 Å². The van der Waals surface area contributed by atoms with Crippen LogP contribution in [0.25, 0.3) is 0 Å². The number of carbonyl (C=O) groups excluding carboxylic acids is 1. The number of nitrogens with one attached hydrogen (secondary N) is 3. The molecular formula is C16H14ClF2N3O. The molecule has 0 spiro atoms. The molecule has 2 atom stereocenters. The first-order chi connectivity index (χ1) is 11.0. The number of rotatable bonds is 3. The van der Waals surface area contributed by atoms with E-state index in [9.17, 15) is 13.6 Å². The summed E-state index contributed by atoms with van der Waals surface area (Å²) >= 11 is 5.69. The summed E-state index contributed by atoms with van der Waals surface area (Å²) < 4.78 is 26.1. The van der Waals surface area contributed by atoms with Gasteiger partial charge in [-0.05, 0) is 42.3 Å². The van der Waals surface area contributed by atoms with Crippen LogP contribution in [0, 0.1) is 11.6 Å². The van der Waals surface area contributed by atoms with E-state index in [1.165, 1.54) is 30.3 Å². The number of anilines is 1. The van der Waals surface area contributed by atoms with Crippen LogP contribution in [0.4, 0.5) is 14.5 Å².